The van der Waals surface area contributed by atoms with Crippen LogP contribution in [0.2, 0.25) is 0 Å². The highest BCUT2D eigenvalue weighted by atomic mass is 15.2. The average Bonchev–Trinajstić information content (AvgIpc) is 3.08. The Hall–Kier alpha value is -0.860. The molecule has 2 N–H and O–H groups in total. The summed E-state index contributed by atoms with van der Waals surface area (Å²) in [7, 11) is 0. The Bertz CT molecular complexity index is 425. The molecule has 19 heavy (non-hydrogen) atoms. The smallest absolute Gasteiger partial charge is 0.0450 e. The molecule has 2 bridgehead atoms. The first-order valence-electron chi connectivity index (χ1n) is 7.79. The zero-order valence-electron chi connectivity index (χ0n) is 12.2. The molecule has 2 aliphatic rings. The highest BCUT2D eigenvalue weighted by molar-refractivity contribution is 5.26. The number of hydrogen-bond donors (Lipinski definition) is 1. The van der Waals surface area contributed by atoms with E-state index in [1.807, 2.05) is 0 Å². The molecule has 0 radical (unpaired) electrons. The molecule has 1 aromatic rings. The third-order valence-electron chi connectivity index (χ3n) is 5.27. The van der Waals surface area contributed by atoms with Crippen LogP contribution in [0, 0.1) is 5.92 Å². The van der Waals surface area contributed by atoms with Crippen molar-refractivity contribution in [2.75, 3.05) is 6.54 Å². The molecule has 1 heterocycles. The Morgan fingerprint density at radius 2 is 2.00 bits per heavy atom. The molecule has 0 spiro atoms. The Labute approximate surface area is 117 Å². The predicted octanol–water partition coefficient (Wildman–Crippen LogP) is 3.12. The van der Waals surface area contributed by atoms with Crippen molar-refractivity contribution in [3.05, 3.63) is 35.4 Å². The fraction of sp³-hybridized carbons (Fsp3) is 0.647. The number of benzene rings is 1. The van der Waals surface area contributed by atoms with Gasteiger partial charge in [0, 0.05) is 24.7 Å². The lowest BCUT2D eigenvalue weighted by molar-refractivity contribution is 0.140. The van der Waals surface area contributed by atoms with E-state index in [-0.39, 0.29) is 6.04 Å². The molecule has 3 rings (SSSR count). The van der Waals surface area contributed by atoms with Gasteiger partial charge in [0.2, 0.25) is 0 Å². The van der Waals surface area contributed by atoms with Crippen molar-refractivity contribution in [1.82, 2.24) is 4.90 Å². The number of aryl methyl sites for hydroxylation is 1. The van der Waals surface area contributed by atoms with Gasteiger partial charge >= 0.3 is 0 Å². The van der Waals surface area contributed by atoms with Crippen LogP contribution < -0.4 is 5.73 Å². The molecule has 0 aromatic heterocycles. The summed E-state index contributed by atoms with van der Waals surface area (Å²) in [5.74, 6) is 0.946. The fourth-order valence-corrected chi connectivity index (χ4v) is 3.92. The third kappa shape index (κ3) is 2.44. The second-order valence-electron chi connectivity index (χ2n) is 6.39. The van der Waals surface area contributed by atoms with Crippen molar-refractivity contribution in [3.63, 3.8) is 0 Å². The molecule has 1 aliphatic heterocycles. The van der Waals surface area contributed by atoms with Crippen LogP contribution in [0.4, 0.5) is 0 Å². The van der Waals surface area contributed by atoms with Crippen molar-refractivity contribution >= 4 is 0 Å². The van der Waals surface area contributed by atoms with Gasteiger partial charge in [-0.3, -0.25) is 4.90 Å². The monoisotopic (exact) mass is 258 g/mol. The largest absolute Gasteiger partial charge is 0.323 e. The van der Waals surface area contributed by atoms with Crippen LogP contribution in [0.3, 0.4) is 0 Å². The van der Waals surface area contributed by atoms with Crippen LogP contribution >= 0.6 is 0 Å². The molecule has 1 aromatic carbocycles. The van der Waals surface area contributed by atoms with E-state index in [2.05, 4.69) is 43.0 Å². The summed E-state index contributed by atoms with van der Waals surface area (Å²) < 4.78 is 0. The van der Waals surface area contributed by atoms with E-state index in [1.165, 1.54) is 36.9 Å². The van der Waals surface area contributed by atoms with E-state index >= 15 is 0 Å². The van der Waals surface area contributed by atoms with Crippen LogP contribution in [-0.4, -0.2) is 23.5 Å². The zero-order valence-corrected chi connectivity index (χ0v) is 12.2. The Morgan fingerprint density at radius 1 is 1.26 bits per heavy atom. The van der Waals surface area contributed by atoms with E-state index in [0.717, 1.165) is 18.4 Å². The minimum Gasteiger partial charge on any atom is -0.323 e. The molecule has 2 fully saturated rings. The van der Waals surface area contributed by atoms with Gasteiger partial charge in [0.05, 0.1) is 0 Å². The van der Waals surface area contributed by atoms with E-state index in [9.17, 15) is 0 Å². The third-order valence-corrected chi connectivity index (χ3v) is 5.27. The maximum atomic E-state index is 6.50. The summed E-state index contributed by atoms with van der Waals surface area (Å²) >= 11 is 0. The van der Waals surface area contributed by atoms with E-state index in [4.69, 9.17) is 5.73 Å². The number of nitrogens with two attached hydrogens (primary N) is 1. The molecule has 0 amide bonds. The number of piperidine rings is 1. The van der Waals surface area contributed by atoms with Gasteiger partial charge < -0.3 is 5.73 Å². The van der Waals surface area contributed by atoms with Gasteiger partial charge in [0.25, 0.3) is 0 Å². The quantitative estimate of drug-likeness (QED) is 0.899. The van der Waals surface area contributed by atoms with Gasteiger partial charge in [-0.25, -0.2) is 0 Å². The van der Waals surface area contributed by atoms with Gasteiger partial charge in [-0.05, 0) is 49.7 Å². The molecule has 1 saturated heterocycles. The number of likely N-dealkylation sites (tertiary alicyclic amines) is 1. The normalized spacial score (nSPS) is 29.6. The molecule has 2 nitrogen and oxygen atoms in total. The number of hydrogen-bond acceptors (Lipinski definition) is 2. The van der Waals surface area contributed by atoms with Crippen molar-refractivity contribution in [2.24, 2.45) is 11.7 Å². The first-order chi connectivity index (χ1) is 9.19. The van der Waals surface area contributed by atoms with Crippen LogP contribution in [-0.2, 0) is 6.42 Å². The molecule has 4 atom stereocenters. The Morgan fingerprint density at radius 3 is 2.53 bits per heavy atom. The van der Waals surface area contributed by atoms with Gasteiger partial charge in [0.1, 0.15) is 0 Å². The number of rotatable bonds is 4. The van der Waals surface area contributed by atoms with E-state index in [0.29, 0.717) is 6.04 Å². The Balaban J connectivity index is 1.70. The van der Waals surface area contributed by atoms with Gasteiger partial charge in [0.15, 0.2) is 0 Å². The van der Waals surface area contributed by atoms with Gasteiger partial charge in [-0.2, -0.15) is 0 Å². The molecular weight excluding hydrogens is 232 g/mol. The van der Waals surface area contributed by atoms with Crippen LogP contribution in [0.15, 0.2) is 24.3 Å². The lowest BCUT2D eigenvalue weighted by atomic mass is 9.97. The van der Waals surface area contributed by atoms with Crippen molar-refractivity contribution in [1.29, 1.82) is 0 Å². The van der Waals surface area contributed by atoms with Gasteiger partial charge in [-0.1, -0.05) is 31.2 Å². The maximum absolute atomic E-state index is 6.50. The Kier molecular flexibility index (Phi) is 3.64. The molecule has 1 saturated carbocycles. The summed E-state index contributed by atoms with van der Waals surface area (Å²) in [6, 6.07) is 10.3. The molecule has 4 unspecified atom stereocenters. The SMILES string of the molecule is CCc1ccc(C(N)C(C)N2CC3CCC2C3)cc1. The number of nitrogens with zero attached hydrogens (tertiary/aromatic N) is 1. The summed E-state index contributed by atoms with van der Waals surface area (Å²) in [5, 5.41) is 0. The second kappa shape index (κ2) is 5.26. The summed E-state index contributed by atoms with van der Waals surface area (Å²) in [5.41, 5.74) is 9.18. The number of fused-ring (bicyclic) bond motifs is 2. The summed E-state index contributed by atoms with van der Waals surface area (Å²) in [6.07, 6.45) is 5.33. The summed E-state index contributed by atoms with van der Waals surface area (Å²) in [4.78, 5) is 2.66. The predicted molar refractivity (Wildman–Crippen MR) is 80.0 cm³/mol. The molecular formula is C17H26N2. The van der Waals surface area contributed by atoms with Crippen LogP contribution in [0.1, 0.15) is 50.3 Å². The lowest BCUT2D eigenvalue weighted by Gasteiger charge is -2.36. The van der Waals surface area contributed by atoms with Crippen molar-refractivity contribution in [2.45, 2.75) is 57.7 Å². The minimum absolute atomic E-state index is 0.144. The highest BCUT2D eigenvalue weighted by Gasteiger charge is 2.41. The van der Waals surface area contributed by atoms with E-state index < -0.39 is 0 Å². The fourth-order valence-electron chi connectivity index (χ4n) is 3.92. The molecule has 2 heteroatoms. The first kappa shape index (κ1) is 13.1. The highest BCUT2D eigenvalue weighted by Crippen LogP contribution is 2.40. The first-order valence-corrected chi connectivity index (χ1v) is 7.79. The zero-order chi connectivity index (χ0) is 13.4. The van der Waals surface area contributed by atoms with Gasteiger partial charge in [-0.15, -0.1) is 0 Å². The van der Waals surface area contributed by atoms with Crippen molar-refractivity contribution < 1.29 is 0 Å². The minimum atomic E-state index is 0.144. The van der Waals surface area contributed by atoms with Crippen LogP contribution in [0.25, 0.3) is 0 Å². The lowest BCUT2D eigenvalue weighted by Crippen LogP contribution is -2.45. The average molecular weight is 258 g/mol. The van der Waals surface area contributed by atoms with E-state index in [1.54, 1.807) is 0 Å². The van der Waals surface area contributed by atoms with Crippen LogP contribution in [0.5, 0.6) is 0 Å². The maximum Gasteiger partial charge on any atom is 0.0450 e. The topological polar surface area (TPSA) is 29.3 Å². The second-order valence-corrected chi connectivity index (χ2v) is 6.39. The molecule has 1 aliphatic carbocycles. The molecule has 104 valence electrons. The van der Waals surface area contributed by atoms with Crippen molar-refractivity contribution in [3.8, 4) is 0 Å². The standard InChI is InChI=1S/C17H26N2/c1-3-13-4-7-15(8-5-13)17(18)12(2)19-11-14-6-9-16(19)10-14/h4-5,7-8,12,14,16-17H,3,6,9-11,18H2,1-2H3. The summed E-state index contributed by atoms with van der Waals surface area (Å²) in [6.45, 7) is 5.77.